The molecule has 2 rings (SSSR count). The van der Waals surface area contributed by atoms with Crippen LogP contribution in [0.1, 0.15) is 15.9 Å². The van der Waals surface area contributed by atoms with Crippen LogP contribution in [0.5, 0.6) is 11.5 Å². The molecule has 4 nitrogen and oxygen atoms in total. The fourth-order valence-corrected chi connectivity index (χ4v) is 2.21. The van der Waals surface area contributed by atoms with Crippen molar-refractivity contribution in [1.82, 2.24) is 0 Å². The van der Waals surface area contributed by atoms with E-state index in [0.29, 0.717) is 16.0 Å². The molecular formula is C14H12BrNO3. The van der Waals surface area contributed by atoms with Gasteiger partial charge in [-0.1, -0.05) is 18.2 Å². The molecule has 0 aromatic heterocycles. The predicted octanol–water partition coefficient (Wildman–Crippen LogP) is 2.83. The molecule has 0 bridgehead atoms. The number of hydrogen-bond acceptors (Lipinski definition) is 3. The van der Waals surface area contributed by atoms with Crippen molar-refractivity contribution in [1.29, 1.82) is 0 Å². The third-order valence-electron chi connectivity index (χ3n) is 2.53. The van der Waals surface area contributed by atoms with Crippen LogP contribution < -0.4 is 10.5 Å². The van der Waals surface area contributed by atoms with Gasteiger partial charge in [0.2, 0.25) is 0 Å². The second-order valence-electron chi connectivity index (χ2n) is 3.88. The minimum Gasteiger partial charge on any atom is -0.456 e. The molecule has 0 aliphatic heterocycles. The number of rotatable bonds is 4. The monoisotopic (exact) mass is 321 g/mol. The highest BCUT2D eigenvalue weighted by Gasteiger charge is 2.14. The van der Waals surface area contributed by atoms with Crippen molar-refractivity contribution in [2.75, 3.05) is 0 Å². The largest absolute Gasteiger partial charge is 0.456 e. The summed E-state index contributed by atoms with van der Waals surface area (Å²) < 4.78 is 6.23. The van der Waals surface area contributed by atoms with Crippen LogP contribution in [-0.2, 0) is 6.61 Å². The van der Waals surface area contributed by atoms with Gasteiger partial charge >= 0.3 is 0 Å². The van der Waals surface area contributed by atoms with Crippen LogP contribution in [0, 0.1) is 0 Å². The smallest absolute Gasteiger partial charge is 0.253 e. The molecule has 0 aliphatic rings. The zero-order valence-electron chi connectivity index (χ0n) is 9.97. The summed E-state index contributed by atoms with van der Waals surface area (Å²) in [4.78, 5) is 11.4. The summed E-state index contributed by atoms with van der Waals surface area (Å²) in [7, 11) is 0. The van der Waals surface area contributed by atoms with E-state index in [1.807, 2.05) is 0 Å². The van der Waals surface area contributed by atoms with E-state index in [-0.39, 0.29) is 12.2 Å². The molecule has 0 fully saturated rings. The van der Waals surface area contributed by atoms with E-state index >= 15 is 0 Å². The topological polar surface area (TPSA) is 72.6 Å². The van der Waals surface area contributed by atoms with Crippen LogP contribution in [0.3, 0.4) is 0 Å². The van der Waals surface area contributed by atoms with E-state index in [0.717, 1.165) is 5.56 Å². The van der Waals surface area contributed by atoms with Gasteiger partial charge in [0.05, 0.1) is 12.2 Å². The Labute approximate surface area is 118 Å². The quantitative estimate of drug-likeness (QED) is 0.909. The van der Waals surface area contributed by atoms with Gasteiger partial charge < -0.3 is 15.6 Å². The van der Waals surface area contributed by atoms with Crippen molar-refractivity contribution in [3.05, 3.63) is 58.1 Å². The molecule has 3 N–H and O–H groups in total. The van der Waals surface area contributed by atoms with Crippen molar-refractivity contribution in [2.45, 2.75) is 6.61 Å². The Balaban J connectivity index is 2.38. The molecule has 1 amide bonds. The van der Waals surface area contributed by atoms with E-state index in [1.165, 1.54) is 0 Å². The lowest BCUT2D eigenvalue weighted by Gasteiger charge is -2.11. The van der Waals surface area contributed by atoms with E-state index in [2.05, 4.69) is 15.9 Å². The lowest BCUT2D eigenvalue weighted by Crippen LogP contribution is -2.13. The summed E-state index contributed by atoms with van der Waals surface area (Å²) in [6.45, 7) is -0.0711. The van der Waals surface area contributed by atoms with Crippen LogP contribution in [0.15, 0.2) is 46.9 Å². The molecule has 5 heteroatoms. The molecule has 0 unspecified atom stereocenters. The lowest BCUT2D eigenvalue weighted by molar-refractivity contribution is 0.0997. The standard InChI is InChI=1S/C14H12BrNO3/c15-11-5-2-6-12(13(11)14(16)18)19-10-4-1-3-9(7-10)8-17/h1-7,17H,8H2,(H2,16,18). The van der Waals surface area contributed by atoms with E-state index in [1.54, 1.807) is 42.5 Å². The summed E-state index contributed by atoms with van der Waals surface area (Å²) in [5.41, 5.74) is 6.35. The number of aliphatic hydroxyl groups is 1. The van der Waals surface area contributed by atoms with Gasteiger partial charge in [-0.3, -0.25) is 4.79 Å². The summed E-state index contributed by atoms with van der Waals surface area (Å²) in [6, 6.07) is 12.1. The van der Waals surface area contributed by atoms with E-state index in [4.69, 9.17) is 15.6 Å². The molecule has 2 aromatic carbocycles. The van der Waals surface area contributed by atoms with Crippen molar-refractivity contribution in [3.63, 3.8) is 0 Å². The minimum atomic E-state index is -0.569. The highest BCUT2D eigenvalue weighted by atomic mass is 79.9. The van der Waals surface area contributed by atoms with Gasteiger partial charge in [-0.25, -0.2) is 0 Å². The zero-order chi connectivity index (χ0) is 13.8. The van der Waals surface area contributed by atoms with Crippen molar-refractivity contribution >= 4 is 21.8 Å². The number of halogens is 1. The average molecular weight is 322 g/mol. The Kier molecular flexibility index (Phi) is 4.19. The first-order valence-corrected chi connectivity index (χ1v) is 6.37. The molecule has 98 valence electrons. The van der Waals surface area contributed by atoms with Crippen LogP contribution in [0.4, 0.5) is 0 Å². The Morgan fingerprint density at radius 1 is 1.26 bits per heavy atom. The second-order valence-corrected chi connectivity index (χ2v) is 4.74. The summed E-state index contributed by atoms with van der Waals surface area (Å²) in [5.74, 6) is 0.338. The first kappa shape index (κ1) is 13.6. The molecule has 0 heterocycles. The SMILES string of the molecule is NC(=O)c1c(Br)cccc1Oc1cccc(CO)c1. The minimum absolute atomic E-state index is 0.0711. The third kappa shape index (κ3) is 3.13. The Bertz CT molecular complexity index is 613. The lowest BCUT2D eigenvalue weighted by atomic mass is 10.2. The number of amides is 1. The van der Waals surface area contributed by atoms with Crippen LogP contribution >= 0.6 is 15.9 Å². The average Bonchev–Trinajstić information content (AvgIpc) is 2.38. The second kappa shape index (κ2) is 5.86. The van der Waals surface area contributed by atoms with E-state index < -0.39 is 5.91 Å². The van der Waals surface area contributed by atoms with Crippen molar-refractivity contribution < 1.29 is 14.6 Å². The maximum atomic E-state index is 11.4. The molecule has 0 radical (unpaired) electrons. The zero-order valence-corrected chi connectivity index (χ0v) is 11.6. The van der Waals surface area contributed by atoms with Crippen LogP contribution in [0.25, 0.3) is 0 Å². The molecule has 2 aromatic rings. The first-order chi connectivity index (χ1) is 9.11. The highest BCUT2D eigenvalue weighted by Crippen LogP contribution is 2.30. The Hall–Kier alpha value is -1.85. The maximum Gasteiger partial charge on any atom is 0.253 e. The van der Waals surface area contributed by atoms with Gasteiger partial charge in [-0.15, -0.1) is 0 Å². The maximum absolute atomic E-state index is 11.4. The number of benzene rings is 2. The molecule has 19 heavy (non-hydrogen) atoms. The van der Waals surface area contributed by atoms with Crippen molar-refractivity contribution in [2.24, 2.45) is 5.73 Å². The van der Waals surface area contributed by atoms with Gasteiger partial charge in [0.15, 0.2) is 0 Å². The fourth-order valence-electron chi connectivity index (χ4n) is 1.66. The normalized spacial score (nSPS) is 10.2. The molecule has 0 atom stereocenters. The molecule has 0 aliphatic carbocycles. The summed E-state index contributed by atoms with van der Waals surface area (Å²) in [6.07, 6.45) is 0. The Morgan fingerprint density at radius 2 is 2.00 bits per heavy atom. The van der Waals surface area contributed by atoms with Crippen LogP contribution in [-0.4, -0.2) is 11.0 Å². The highest BCUT2D eigenvalue weighted by molar-refractivity contribution is 9.10. The van der Waals surface area contributed by atoms with Gasteiger partial charge in [-0.2, -0.15) is 0 Å². The van der Waals surface area contributed by atoms with Gasteiger partial charge in [0, 0.05) is 4.47 Å². The molecule has 0 saturated carbocycles. The molecule has 0 spiro atoms. The summed E-state index contributed by atoms with van der Waals surface area (Å²) >= 11 is 3.27. The number of aliphatic hydroxyl groups excluding tert-OH is 1. The number of carbonyl (C=O) groups excluding carboxylic acids is 1. The molecular weight excluding hydrogens is 310 g/mol. The third-order valence-corrected chi connectivity index (χ3v) is 3.19. The Morgan fingerprint density at radius 3 is 2.68 bits per heavy atom. The van der Waals surface area contributed by atoms with Gasteiger partial charge in [-0.05, 0) is 45.8 Å². The van der Waals surface area contributed by atoms with Gasteiger partial charge in [0.25, 0.3) is 5.91 Å². The fraction of sp³-hybridized carbons (Fsp3) is 0.0714. The van der Waals surface area contributed by atoms with Gasteiger partial charge in [0.1, 0.15) is 11.5 Å². The predicted molar refractivity (Wildman–Crippen MR) is 75.1 cm³/mol. The summed E-state index contributed by atoms with van der Waals surface area (Å²) in [5, 5.41) is 9.08. The number of hydrogen-bond donors (Lipinski definition) is 2. The first-order valence-electron chi connectivity index (χ1n) is 5.58. The van der Waals surface area contributed by atoms with Crippen LogP contribution in [0.2, 0.25) is 0 Å². The number of ether oxygens (including phenoxy) is 1. The number of primary amides is 1. The number of nitrogens with two attached hydrogens (primary N) is 1. The van der Waals surface area contributed by atoms with E-state index in [9.17, 15) is 4.79 Å². The molecule has 0 saturated heterocycles. The van der Waals surface area contributed by atoms with Crippen molar-refractivity contribution in [3.8, 4) is 11.5 Å². The number of carbonyl (C=O) groups is 1.